The van der Waals surface area contributed by atoms with E-state index in [1.165, 1.54) is 21.9 Å². The van der Waals surface area contributed by atoms with Crippen molar-refractivity contribution in [1.82, 2.24) is 0 Å². The van der Waals surface area contributed by atoms with Crippen LogP contribution >= 0.6 is 0 Å². The topological polar surface area (TPSA) is 50.4 Å². The van der Waals surface area contributed by atoms with Crippen LogP contribution in [0.15, 0.2) is 66.7 Å². The average Bonchev–Trinajstić information content (AvgIpc) is 3.28. The van der Waals surface area contributed by atoms with Gasteiger partial charge in [-0.3, -0.25) is 4.79 Å². The molecule has 2 aliphatic rings. The fourth-order valence-electron chi connectivity index (χ4n) is 5.32. The van der Waals surface area contributed by atoms with Gasteiger partial charge in [-0.05, 0) is 58.9 Å². The van der Waals surface area contributed by atoms with E-state index in [0.717, 1.165) is 23.5 Å². The van der Waals surface area contributed by atoms with E-state index in [1.54, 1.807) is 7.11 Å². The molecule has 3 aromatic rings. The number of benzene rings is 3. The van der Waals surface area contributed by atoms with Crippen LogP contribution in [0.3, 0.4) is 0 Å². The summed E-state index contributed by atoms with van der Waals surface area (Å²) in [4.78, 5) is 12.3. The molecule has 0 fully saturated rings. The zero-order chi connectivity index (χ0) is 22.2. The van der Waals surface area contributed by atoms with Crippen molar-refractivity contribution in [2.45, 2.75) is 38.6 Å². The van der Waals surface area contributed by atoms with Gasteiger partial charge in [-0.1, -0.05) is 56.3 Å². The van der Waals surface area contributed by atoms with Crippen LogP contribution in [0.4, 0.5) is 11.4 Å². The van der Waals surface area contributed by atoms with Crippen molar-refractivity contribution < 1.29 is 9.53 Å². The summed E-state index contributed by atoms with van der Waals surface area (Å²) in [5, 5.41) is 9.37. The maximum absolute atomic E-state index is 12.3. The SMILES string of the molecule is COc1ccc2ccccc2c1C1Nc2ccc(NC(=O)CC(C)C)cc2C2C=CCC21. The summed E-state index contributed by atoms with van der Waals surface area (Å²) >= 11 is 0. The van der Waals surface area contributed by atoms with Crippen molar-refractivity contribution in [2.75, 3.05) is 17.7 Å². The van der Waals surface area contributed by atoms with Crippen LogP contribution < -0.4 is 15.4 Å². The lowest BCUT2D eigenvalue weighted by molar-refractivity contribution is -0.116. The number of allylic oxidation sites excluding steroid dienone is 2. The van der Waals surface area contributed by atoms with E-state index >= 15 is 0 Å². The summed E-state index contributed by atoms with van der Waals surface area (Å²) in [6.07, 6.45) is 6.16. The monoisotopic (exact) mass is 426 g/mol. The molecule has 1 heterocycles. The van der Waals surface area contributed by atoms with Crippen LogP contribution in [0.1, 0.15) is 49.8 Å². The van der Waals surface area contributed by atoms with E-state index in [4.69, 9.17) is 4.74 Å². The van der Waals surface area contributed by atoms with Gasteiger partial charge >= 0.3 is 0 Å². The lowest BCUT2D eigenvalue weighted by Gasteiger charge is -2.38. The summed E-state index contributed by atoms with van der Waals surface area (Å²) in [5.41, 5.74) is 4.47. The lowest BCUT2D eigenvalue weighted by atomic mass is 9.76. The fourth-order valence-corrected chi connectivity index (χ4v) is 5.32. The highest BCUT2D eigenvalue weighted by atomic mass is 16.5. The van der Waals surface area contributed by atoms with E-state index < -0.39 is 0 Å². The molecular formula is C28H30N2O2. The molecule has 1 aliphatic heterocycles. The van der Waals surface area contributed by atoms with Gasteiger partial charge in [-0.2, -0.15) is 0 Å². The van der Waals surface area contributed by atoms with Crippen molar-refractivity contribution in [2.24, 2.45) is 11.8 Å². The van der Waals surface area contributed by atoms with Gasteiger partial charge < -0.3 is 15.4 Å². The van der Waals surface area contributed by atoms with Crippen molar-refractivity contribution >= 4 is 28.1 Å². The van der Waals surface area contributed by atoms with E-state index in [2.05, 4.69) is 85.2 Å². The van der Waals surface area contributed by atoms with E-state index in [9.17, 15) is 4.79 Å². The van der Waals surface area contributed by atoms with Crippen LogP contribution in [-0.4, -0.2) is 13.0 Å². The normalized spacial score (nSPS) is 21.2. The Morgan fingerprint density at radius 1 is 1.16 bits per heavy atom. The number of ether oxygens (including phenoxy) is 1. The third-order valence-corrected chi connectivity index (χ3v) is 6.70. The van der Waals surface area contributed by atoms with Gasteiger partial charge in [0.2, 0.25) is 5.91 Å². The predicted octanol–water partition coefficient (Wildman–Crippen LogP) is 6.66. The summed E-state index contributed by atoms with van der Waals surface area (Å²) < 4.78 is 5.83. The summed E-state index contributed by atoms with van der Waals surface area (Å²) in [5.74, 6) is 2.03. The third-order valence-electron chi connectivity index (χ3n) is 6.70. The Bertz CT molecular complexity index is 1200. The van der Waals surface area contributed by atoms with Crippen LogP contribution in [0.5, 0.6) is 5.75 Å². The number of amides is 1. The molecule has 0 saturated carbocycles. The number of rotatable bonds is 5. The molecule has 1 aliphatic carbocycles. The zero-order valence-electron chi connectivity index (χ0n) is 18.9. The fraction of sp³-hybridized carbons (Fsp3) is 0.321. The van der Waals surface area contributed by atoms with Gasteiger partial charge in [0.15, 0.2) is 0 Å². The summed E-state index contributed by atoms with van der Waals surface area (Å²) in [6.45, 7) is 4.12. The number of anilines is 2. The first-order chi connectivity index (χ1) is 15.5. The quantitative estimate of drug-likeness (QED) is 0.449. The predicted molar refractivity (Wildman–Crippen MR) is 131 cm³/mol. The number of carbonyl (C=O) groups excluding carboxylic acids is 1. The standard InChI is InChI=1S/C28H30N2O2/c1-17(2)15-26(31)29-19-12-13-24-23(16-19)21-9-6-10-22(21)28(30-24)27-20-8-5-4-7-18(20)11-14-25(27)32-3/h4-9,11-14,16-17,21-22,28,30H,10,15H2,1-3H3,(H,29,31). The first-order valence-corrected chi connectivity index (χ1v) is 11.5. The second-order valence-corrected chi connectivity index (χ2v) is 9.33. The Balaban J connectivity index is 1.54. The largest absolute Gasteiger partial charge is 0.496 e. The Morgan fingerprint density at radius 2 is 2.00 bits per heavy atom. The Morgan fingerprint density at radius 3 is 2.81 bits per heavy atom. The van der Waals surface area contributed by atoms with Crippen LogP contribution in [0.25, 0.3) is 10.8 Å². The maximum Gasteiger partial charge on any atom is 0.224 e. The Hall–Kier alpha value is -3.27. The van der Waals surface area contributed by atoms with Crippen molar-refractivity contribution in [3.63, 3.8) is 0 Å². The lowest BCUT2D eigenvalue weighted by Crippen LogP contribution is -2.29. The van der Waals surface area contributed by atoms with Crippen LogP contribution in [0, 0.1) is 11.8 Å². The Kier molecular flexibility index (Phi) is 5.38. The number of hydrogen-bond donors (Lipinski definition) is 2. The molecule has 164 valence electrons. The molecule has 4 heteroatoms. The highest BCUT2D eigenvalue weighted by Crippen LogP contribution is 2.52. The molecule has 0 bridgehead atoms. The number of methoxy groups -OCH3 is 1. The molecular weight excluding hydrogens is 396 g/mol. The van der Waals surface area contributed by atoms with Crippen LogP contribution in [-0.2, 0) is 4.79 Å². The molecule has 3 atom stereocenters. The molecule has 1 amide bonds. The molecule has 2 N–H and O–H groups in total. The highest BCUT2D eigenvalue weighted by molar-refractivity contribution is 5.92. The minimum absolute atomic E-state index is 0.0700. The molecule has 32 heavy (non-hydrogen) atoms. The van der Waals surface area contributed by atoms with E-state index in [-0.39, 0.29) is 11.9 Å². The molecule has 3 aromatic carbocycles. The first kappa shape index (κ1) is 20.6. The number of hydrogen-bond acceptors (Lipinski definition) is 3. The molecule has 4 nitrogen and oxygen atoms in total. The van der Waals surface area contributed by atoms with Crippen LogP contribution in [0.2, 0.25) is 0 Å². The van der Waals surface area contributed by atoms with Gasteiger partial charge in [0.1, 0.15) is 5.75 Å². The molecule has 5 rings (SSSR count). The molecule has 0 spiro atoms. The second kappa shape index (κ2) is 8.34. The minimum Gasteiger partial charge on any atom is -0.496 e. The summed E-state index contributed by atoms with van der Waals surface area (Å²) in [7, 11) is 1.75. The molecule has 0 saturated heterocycles. The maximum atomic E-state index is 12.3. The van der Waals surface area contributed by atoms with Crippen molar-refractivity contribution in [3.8, 4) is 5.75 Å². The number of nitrogens with one attached hydrogen (secondary N) is 2. The van der Waals surface area contributed by atoms with E-state index in [1.807, 2.05) is 6.07 Å². The number of fused-ring (bicyclic) bond motifs is 4. The van der Waals surface area contributed by atoms with Gasteiger partial charge in [0.25, 0.3) is 0 Å². The van der Waals surface area contributed by atoms with Gasteiger partial charge in [-0.15, -0.1) is 0 Å². The third kappa shape index (κ3) is 3.64. The van der Waals surface area contributed by atoms with Crippen molar-refractivity contribution in [1.29, 1.82) is 0 Å². The summed E-state index contributed by atoms with van der Waals surface area (Å²) in [6, 6.07) is 19.1. The molecule has 0 radical (unpaired) electrons. The van der Waals surface area contributed by atoms with Gasteiger partial charge in [-0.25, -0.2) is 0 Å². The molecule has 3 unspecified atom stereocenters. The first-order valence-electron chi connectivity index (χ1n) is 11.5. The molecule has 0 aromatic heterocycles. The highest BCUT2D eigenvalue weighted by Gasteiger charge is 2.39. The van der Waals surface area contributed by atoms with E-state index in [0.29, 0.717) is 24.2 Å². The van der Waals surface area contributed by atoms with Crippen molar-refractivity contribution in [3.05, 3.63) is 77.9 Å². The zero-order valence-corrected chi connectivity index (χ0v) is 18.9. The second-order valence-electron chi connectivity index (χ2n) is 9.33. The number of carbonyl (C=O) groups is 1. The average molecular weight is 427 g/mol. The Labute approximate surface area is 189 Å². The smallest absolute Gasteiger partial charge is 0.224 e. The van der Waals surface area contributed by atoms with Gasteiger partial charge in [0.05, 0.1) is 13.2 Å². The minimum atomic E-state index is 0.0700. The van der Waals surface area contributed by atoms with Gasteiger partial charge in [0, 0.05) is 29.3 Å².